The Labute approximate surface area is 116 Å². The van der Waals surface area contributed by atoms with Crippen molar-refractivity contribution in [2.75, 3.05) is 12.3 Å². The highest BCUT2D eigenvalue weighted by Crippen LogP contribution is 2.42. The van der Waals surface area contributed by atoms with Crippen molar-refractivity contribution in [3.63, 3.8) is 0 Å². The van der Waals surface area contributed by atoms with E-state index < -0.39 is 7.37 Å². The summed E-state index contributed by atoms with van der Waals surface area (Å²) in [5.74, 6) is 0.0187. The van der Waals surface area contributed by atoms with Crippen molar-refractivity contribution in [2.24, 2.45) is 10.9 Å². The van der Waals surface area contributed by atoms with Gasteiger partial charge in [0.1, 0.15) is 5.84 Å². The Balaban J connectivity index is 3.50. The van der Waals surface area contributed by atoms with E-state index in [1.54, 1.807) is 0 Å². The quantitative estimate of drug-likeness (QED) is 0.128. The van der Waals surface area contributed by atoms with Gasteiger partial charge in [0.25, 0.3) is 0 Å². The zero-order valence-electron chi connectivity index (χ0n) is 12.1. The van der Waals surface area contributed by atoms with Gasteiger partial charge >= 0.3 is 0 Å². The summed E-state index contributed by atoms with van der Waals surface area (Å²) in [6.07, 6.45) is 9.94. The second-order valence-corrected chi connectivity index (χ2v) is 7.70. The normalized spacial score (nSPS) is 15.4. The molecular weight excluding hydrogens is 263 g/mol. The van der Waals surface area contributed by atoms with Gasteiger partial charge in [-0.15, -0.1) is 0 Å². The number of nitrogens with zero attached hydrogens (tertiary/aromatic N) is 1. The van der Waals surface area contributed by atoms with Crippen LogP contribution in [-0.2, 0) is 4.57 Å². The highest BCUT2D eigenvalue weighted by molar-refractivity contribution is 7.58. The Bertz CT molecular complexity index is 296. The third-order valence-electron chi connectivity index (χ3n) is 3.21. The Morgan fingerprint density at radius 2 is 1.58 bits per heavy atom. The predicted octanol–water partition coefficient (Wildman–Crippen LogP) is 3.53. The maximum absolute atomic E-state index is 11.8. The van der Waals surface area contributed by atoms with Crippen molar-refractivity contribution in [2.45, 2.75) is 64.7 Å². The van der Waals surface area contributed by atoms with Gasteiger partial charge in [0.2, 0.25) is 7.37 Å². The molecule has 0 saturated carbocycles. The number of hydrogen-bond donors (Lipinski definition) is 3. The summed E-state index contributed by atoms with van der Waals surface area (Å²) >= 11 is 0. The molecule has 0 aromatic carbocycles. The lowest BCUT2D eigenvalue weighted by Gasteiger charge is -2.10. The second-order valence-electron chi connectivity index (χ2n) is 5.11. The van der Waals surface area contributed by atoms with E-state index in [1.807, 2.05) is 0 Å². The summed E-state index contributed by atoms with van der Waals surface area (Å²) in [6.45, 7) is 2.20. The van der Waals surface area contributed by atoms with E-state index in [4.69, 9.17) is 10.9 Å². The largest absolute Gasteiger partial charge is 0.409 e. The van der Waals surface area contributed by atoms with Crippen molar-refractivity contribution in [1.82, 2.24) is 0 Å². The van der Waals surface area contributed by atoms with Crippen LogP contribution < -0.4 is 5.73 Å². The first-order chi connectivity index (χ1) is 9.02. The van der Waals surface area contributed by atoms with Crippen LogP contribution in [-0.4, -0.2) is 28.3 Å². The Morgan fingerprint density at radius 1 is 1.05 bits per heavy atom. The number of amidine groups is 1. The van der Waals surface area contributed by atoms with Crippen LogP contribution in [0.2, 0.25) is 0 Å². The molecule has 6 heteroatoms. The smallest absolute Gasteiger partial charge is 0.201 e. The first kappa shape index (κ1) is 18.5. The van der Waals surface area contributed by atoms with E-state index in [2.05, 4.69) is 12.1 Å². The lowest BCUT2D eigenvalue weighted by Crippen LogP contribution is -2.13. The molecule has 0 aromatic heterocycles. The van der Waals surface area contributed by atoms with Crippen LogP contribution in [0.1, 0.15) is 64.7 Å². The number of rotatable bonds is 12. The summed E-state index contributed by atoms with van der Waals surface area (Å²) in [7, 11) is -3.10. The monoisotopic (exact) mass is 292 g/mol. The first-order valence-corrected chi connectivity index (χ1v) is 9.32. The summed E-state index contributed by atoms with van der Waals surface area (Å²) in [4.78, 5) is 9.69. The van der Waals surface area contributed by atoms with E-state index in [0.29, 0.717) is 6.16 Å². The van der Waals surface area contributed by atoms with Gasteiger partial charge in [-0.3, -0.25) is 4.57 Å². The van der Waals surface area contributed by atoms with Crippen molar-refractivity contribution < 1.29 is 14.7 Å². The molecule has 0 aliphatic heterocycles. The van der Waals surface area contributed by atoms with E-state index in [0.717, 1.165) is 19.3 Å². The minimum Gasteiger partial charge on any atom is -0.409 e. The highest BCUT2D eigenvalue weighted by Gasteiger charge is 2.17. The maximum atomic E-state index is 11.8. The fraction of sp³-hybridized carbons (Fsp3) is 0.923. The minimum absolute atomic E-state index is 0.0187. The van der Waals surface area contributed by atoms with E-state index in [-0.39, 0.29) is 18.4 Å². The number of oxime groups is 1. The molecule has 4 N–H and O–H groups in total. The third-order valence-corrected chi connectivity index (χ3v) is 5.14. The molecule has 0 radical (unpaired) electrons. The van der Waals surface area contributed by atoms with Crippen LogP contribution in [0.5, 0.6) is 0 Å². The highest BCUT2D eigenvalue weighted by atomic mass is 31.2. The SMILES string of the molecule is CCCCCCCCCCP(=O)(O)CCC(N)=NO. The van der Waals surface area contributed by atoms with Crippen LogP contribution in [0.3, 0.4) is 0 Å². The molecule has 0 rings (SSSR count). The molecule has 0 saturated heterocycles. The van der Waals surface area contributed by atoms with Gasteiger partial charge in [-0.2, -0.15) is 0 Å². The fourth-order valence-corrected chi connectivity index (χ4v) is 3.46. The van der Waals surface area contributed by atoms with Gasteiger partial charge in [0, 0.05) is 18.7 Å². The van der Waals surface area contributed by atoms with Crippen molar-refractivity contribution in [3.05, 3.63) is 0 Å². The lowest BCUT2D eigenvalue weighted by molar-refractivity contribution is 0.317. The van der Waals surface area contributed by atoms with Crippen LogP contribution in [0, 0.1) is 0 Å². The Kier molecular flexibility index (Phi) is 11.0. The molecule has 114 valence electrons. The van der Waals surface area contributed by atoms with Crippen LogP contribution >= 0.6 is 7.37 Å². The second kappa shape index (κ2) is 11.3. The molecule has 1 atom stereocenters. The topological polar surface area (TPSA) is 95.9 Å². The van der Waals surface area contributed by atoms with Crippen LogP contribution in [0.4, 0.5) is 0 Å². The predicted molar refractivity (Wildman–Crippen MR) is 80.2 cm³/mol. The zero-order chi connectivity index (χ0) is 14.6. The van der Waals surface area contributed by atoms with Gasteiger partial charge in [0.05, 0.1) is 0 Å². The molecule has 0 amide bonds. The molecule has 0 aliphatic carbocycles. The van der Waals surface area contributed by atoms with Gasteiger partial charge in [-0.25, -0.2) is 0 Å². The third kappa shape index (κ3) is 12.2. The average molecular weight is 292 g/mol. The first-order valence-electron chi connectivity index (χ1n) is 7.29. The van der Waals surface area contributed by atoms with Gasteiger partial charge in [0.15, 0.2) is 0 Å². The molecule has 0 heterocycles. The van der Waals surface area contributed by atoms with Crippen LogP contribution in [0.15, 0.2) is 5.16 Å². The summed E-state index contributed by atoms with van der Waals surface area (Å²) < 4.78 is 11.8. The summed E-state index contributed by atoms with van der Waals surface area (Å²) in [5.41, 5.74) is 5.28. The van der Waals surface area contributed by atoms with Gasteiger partial charge in [-0.05, 0) is 6.42 Å². The van der Waals surface area contributed by atoms with Crippen molar-refractivity contribution in [1.29, 1.82) is 0 Å². The molecule has 0 fully saturated rings. The van der Waals surface area contributed by atoms with Crippen molar-refractivity contribution in [3.8, 4) is 0 Å². The molecule has 1 unspecified atom stereocenters. The maximum Gasteiger partial charge on any atom is 0.201 e. The molecular formula is C13H29N2O3P. The van der Waals surface area contributed by atoms with E-state index in [1.165, 1.54) is 32.1 Å². The van der Waals surface area contributed by atoms with Crippen molar-refractivity contribution >= 4 is 13.2 Å². The van der Waals surface area contributed by atoms with Crippen LogP contribution in [0.25, 0.3) is 0 Å². The zero-order valence-corrected chi connectivity index (χ0v) is 12.9. The molecule has 5 nitrogen and oxygen atoms in total. The van der Waals surface area contributed by atoms with Gasteiger partial charge in [-0.1, -0.05) is 57.0 Å². The summed E-state index contributed by atoms with van der Waals surface area (Å²) in [5, 5.41) is 11.2. The minimum atomic E-state index is -3.10. The number of hydrogen-bond acceptors (Lipinski definition) is 3. The van der Waals surface area contributed by atoms with E-state index in [9.17, 15) is 9.46 Å². The Hall–Kier alpha value is -0.540. The molecule has 0 spiro atoms. The molecule has 0 aromatic rings. The van der Waals surface area contributed by atoms with Gasteiger partial charge < -0.3 is 15.8 Å². The standard InChI is InChI=1S/C13H29N2O3P/c1-2-3-4-5-6-7-8-9-11-19(17,18)12-10-13(14)15-16/h16H,2-12H2,1H3,(H2,14,15)(H,17,18). The number of unbranched alkanes of at least 4 members (excludes halogenated alkanes) is 7. The average Bonchev–Trinajstić information content (AvgIpc) is 2.39. The fourth-order valence-electron chi connectivity index (χ4n) is 1.94. The molecule has 19 heavy (non-hydrogen) atoms. The molecule has 0 aliphatic rings. The lowest BCUT2D eigenvalue weighted by atomic mass is 10.1. The molecule has 0 bridgehead atoms. The number of nitrogens with two attached hydrogens (primary N) is 1. The summed E-state index contributed by atoms with van der Waals surface area (Å²) in [6, 6.07) is 0. The Morgan fingerprint density at radius 3 is 2.11 bits per heavy atom. The van der Waals surface area contributed by atoms with E-state index >= 15 is 0 Å².